The Bertz CT molecular complexity index is 1060. The van der Waals surface area contributed by atoms with Crippen molar-refractivity contribution >= 4 is 55.7 Å². The molecule has 0 spiro atoms. The van der Waals surface area contributed by atoms with E-state index in [4.69, 9.17) is 0 Å². The number of nitrogens with one attached hydrogen (secondary N) is 1. The van der Waals surface area contributed by atoms with Crippen LogP contribution in [0.5, 0.6) is 0 Å². The summed E-state index contributed by atoms with van der Waals surface area (Å²) < 4.78 is 14.0. The first-order valence-electron chi connectivity index (χ1n) is 7.51. The highest BCUT2D eigenvalue weighted by molar-refractivity contribution is 8.00. The summed E-state index contributed by atoms with van der Waals surface area (Å²) in [6.07, 6.45) is 1.51. The minimum atomic E-state index is -0.292. The van der Waals surface area contributed by atoms with Crippen molar-refractivity contribution in [2.45, 2.75) is 5.03 Å². The molecule has 4 rings (SSSR count). The number of thiophene rings is 1. The molecule has 0 radical (unpaired) electrons. The molecule has 5 nitrogen and oxygen atoms in total. The van der Waals surface area contributed by atoms with Crippen LogP contribution in [0.25, 0.3) is 21.5 Å². The van der Waals surface area contributed by atoms with Gasteiger partial charge in [0.25, 0.3) is 0 Å². The van der Waals surface area contributed by atoms with Crippen LogP contribution in [0.2, 0.25) is 0 Å². The molecule has 0 aliphatic rings. The van der Waals surface area contributed by atoms with Gasteiger partial charge in [0.2, 0.25) is 5.91 Å². The molecule has 3 heterocycles. The van der Waals surface area contributed by atoms with Gasteiger partial charge >= 0.3 is 0 Å². The van der Waals surface area contributed by atoms with Crippen molar-refractivity contribution in [1.29, 1.82) is 0 Å². The lowest BCUT2D eigenvalue weighted by Crippen LogP contribution is -2.13. The number of amides is 1. The SMILES string of the molecule is O=C(CSc1ncnc2ccsc12)Nc1nc(-c2ccc(F)cc2)cs1. The van der Waals surface area contributed by atoms with Crippen LogP contribution in [-0.2, 0) is 4.79 Å². The molecule has 9 heteroatoms. The van der Waals surface area contributed by atoms with Crippen LogP contribution in [0.3, 0.4) is 0 Å². The molecule has 0 atom stereocenters. The number of hydrogen-bond donors (Lipinski definition) is 1. The number of rotatable bonds is 5. The third kappa shape index (κ3) is 3.74. The van der Waals surface area contributed by atoms with Gasteiger partial charge in [-0.25, -0.2) is 19.3 Å². The van der Waals surface area contributed by atoms with Crippen molar-refractivity contribution in [3.63, 3.8) is 0 Å². The van der Waals surface area contributed by atoms with Crippen LogP contribution < -0.4 is 5.32 Å². The molecule has 1 aromatic carbocycles. The Balaban J connectivity index is 1.39. The highest BCUT2D eigenvalue weighted by Crippen LogP contribution is 2.29. The minimum Gasteiger partial charge on any atom is -0.301 e. The Morgan fingerprint density at radius 1 is 1.15 bits per heavy atom. The summed E-state index contributed by atoms with van der Waals surface area (Å²) in [6.45, 7) is 0. The second kappa shape index (κ2) is 7.48. The molecule has 0 aliphatic carbocycles. The van der Waals surface area contributed by atoms with Gasteiger partial charge in [-0.2, -0.15) is 0 Å². The summed E-state index contributed by atoms with van der Waals surface area (Å²) in [7, 11) is 0. The standard InChI is InChI=1S/C17H11FN4OS3/c18-11-3-1-10(2-4-11)13-7-26-17(21-13)22-14(23)8-25-16-15-12(5-6-24-15)19-9-20-16/h1-7,9H,8H2,(H,21,22,23). The quantitative estimate of drug-likeness (QED) is 0.388. The number of hydrogen-bond acceptors (Lipinski definition) is 7. The molecule has 1 N–H and O–H groups in total. The zero-order valence-corrected chi connectivity index (χ0v) is 15.6. The van der Waals surface area contributed by atoms with Crippen LogP contribution in [0, 0.1) is 5.82 Å². The van der Waals surface area contributed by atoms with Crippen molar-refractivity contribution in [2.75, 3.05) is 11.1 Å². The fourth-order valence-electron chi connectivity index (χ4n) is 2.24. The van der Waals surface area contributed by atoms with Crippen LogP contribution in [0.1, 0.15) is 0 Å². The Hall–Kier alpha value is -2.36. The molecular weight excluding hydrogens is 391 g/mol. The largest absolute Gasteiger partial charge is 0.301 e. The molecule has 26 heavy (non-hydrogen) atoms. The number of thioether (sulfide) groups is 1. The molecule has 130 valence electrons. The van der Waals surface area contributed by atoms with E-state index in [2.05, 4.69) is 20.3 Å². The zero-order valence-electron chi connectivity index (χ0n) is 13.2. The van der Waals surface area contributed by atoms with E-state index in [1.807, 2.05) is 16.8 Å². The number of fused-ring (bicyclic) bond motifs is 1. The molecular formula is C17H11FN4OS3. The van der Waals surface area contributed by atoms with Crippen molar-refractivity contribution in [3.8, 4) is 11.3 Å². The fourth-order valence-corrected chi connectivity index (χ4v) is 4.73. The van der Waals surface area contributed by atoms with E-state index >= 15 is 0 Å². The van der Waals surface area contributed by atoms with E-state index in [1.165, 1.54) is 41.6 Å². The average molecular weight is 403 g/mol. The highest BCUT2D eigenvalue weighted by Gasteiger charge is 2.11. The van der Waals surface area contributed by atoms with Gasteiger partial charge < -0.3 is 5.32 Å². The fraction of sp³-hybridized carbons (Fsp3) is 0.0588. The minimum absolute atomic E-state index is 0.154. The van der Waals surface area contributed by atoms with Crippen molar-refractivity contribution in [2.24, 2.45) is 0 Å². The maximum Gasteiger partial charge on any atom is 0.236 e. The molecule has 0 aliphatic heterocycles. The molecule has 1 amide bonds. The number of halogens is 1. The smallest absolute Gasteiger partial charge is 0.236 e. The van der Waals surface area contributed by atoms with Crippen LogP contribution in [-0.4, -0.2) is 26.6 Å². The van der Waals surface area contributed by atoms with Gasteiger partial charge in [0.1, 0.15) is 17.2 Å². The molecule has 0 bridgehead atoms. The van der Waals surface area contributed by atoms with Gasteiger partial charge in [-0.1, -0.05) is 11.8 Å². The van der Waals surface area contributed by atoms with E-state index in [0.717, 1.165) is 20.8 Å². The number of carbonyl (C=O) groups is 1. The predicted octanol–water partition coefficient (Wildman–Crippen LogP) is 4.68. The third-order valence-electron chi connectivity index (χ3n) is 3.44. The molecule has 0 saturated carbocycles. The Labute approximate surface area is 160 Å². The first-order chi connectivity index (χ1) is 12.7. The summed E-state index contributed by atoms with van der Waals surface area (Å²) in [5.41, 5.74) is 2.39. The predicted molar refractivity (Wildman–Crippen MR) is 104 cm³/mol. The number of benzene rings is 1. The van der Waals surface area contributed by atoms with Crippen LogP contribution in [0.4, 0.5) is 9.52 Å². The van der Waals surface area contributed by atoms with E-state index in [1.54, 1.807) is 23.5 Å². The van der Waals surface area contributed by atoms with E-state index in [9.17, 15) is 9.18 Å². The maximum absolute atomic E-state index is 13.0. The van der Waals surface area contributed by atoms with E-state index < -0.39 is 0 Å². The molecule has 0 unspecified atom stereocenters. The monoisotopic (exact) mass is 402 g/mol. The summed E-state index contributed by atoms with van der Waals surface area (Å²) in [6, 6.07) is 8.02. The van der Waals surface area contributed by atoms with Crippen molar-refractivity contribution < 1.29 is 9.18 Å². The van der Waals surface area contributed by atoms with Gasteiger partial charge in [0.05, 0.1) is 21.7 Å². The molecule has 0 saturated heterocycles. The highest BCUT2D eigenvalue weighted by atomic mass is 32.2. The average Bonchev–Trinajstić information content (AvgIpc) is 3.30. The number of thiazole rings is 1. The van der Waals surface area contributed by atoms with E-state index in [-0.39, 0.29) is 17.5 Å². The van der Waals surface area contributed by atoms with Crippen LogP contribution in [0.15, 0.2) is 52.4 Å². The number of carbonyl (C=O) groups excluding carboxylic acids is 1. The second-order valence-corrected chi connectivity index (χ2v) is 7.93. The zero-order chi connectivity index (χ0) is 17.9. The molecule has 0 fully saturated rings. The van der Waals surface area contributed by atoms with Gasteiger partial charge in [0.15, 0.2) is 5.13 Å². The number of nitrogens with zero attached hydrogens (tertiary/aromatic N) is 3. The van der Waals surface area contributed by atoms with Crippen molar-refractivity contribution in [3.05, 3.63) is 53.2 Å². The van der Waals surface area contributed by atoms with Crippen LogP contribution >= 0.6 is 34.4 Å². The lowest BCUT2D eigenvalue weighted by atomic mass is 10.2. The van der Waals surface area contributed by atoms with Gasteiger partial charge in [-0.05, 0) is 35.7 Å². The molecule has 4 aromatic rings. The summed E-state index contributed by atoms with van der Waals surface area (Å²) >= 11 is 4.26. The second-order valence-electron chi connectivity index (χ2n) is 5.20. The van der Waals surface area contributed by atoms with E-state index in [0.29, 0.717) is 10.8 Å². The third-order valence-corrected chi connectivity index (χ3v) is 6.23. The Morgan fingerprint density at radius 3 is 2.85 bits per heavy atom. The topological polar surface area (TPSA) is 67.8 Å². The lowest BCUT2D eigenvalue weighted by molar-refractivity contribution is -0.113. The maximum atomic E-state index is 13.0. The number of aromatic nitrogens is 3. The first-order valence-corrected chi connectivity index (χ1v) is 10.3. The number of anilines is 1. The Morgan fingerprint density at radius 2 is 2.00 bits per heavy atom. The summed E-state index contributed by atoms with van der Waals surface area (Å²) in [5.74, 6) is -0.215. The molecule has 3 aromatic heterocycles. The summed E-state index contributed by atoms with van der Waals surface area (Å²) in [4.78, 5) is 25.0. The normalized spacial score (nSPS) is 11.0. The van der Waals surface area contributed by atoms with Gasteiger partial charge in [-0.3, -0.25) is 4.79 Å². The lowest BCUT2D eigenvalue weighted by Gasteiger charge is -2.02. The van der Waals surface area contributed by atoms with Gasteiger partial charge in [-0.15, -0.1) is 22.7 Å². The Kier molecular flexibility index (Phi) is 4.91. The summed E-state index contributed by atoms with van der Waals surface area (Å²) in [5, 5.41) is 7.88. The van der Waals surface area contributed by atoms with Crippen molar-refractivity contribution in [1.82, 2.24) is 15.0 Å². The first kappa shape index (κ1) is 17.1. The van der Waals surface area contributed by atoms with Gasteiger partial charge in [0, 0.05) is 10.9 Å².